The van der Waals surface area contributed by atoms with Crippen LogP contribution in [0.5, 0.6) is 23.0 Å². The van der Waals surface area contributed by atoms with E-state index in [4.69, 9.17) is 25.8 Å². The Balaban J connectivity index is 2.05. The maximum absolute atomic E-state index is 12.6. The van der Waals surface area contributed by atoms with Crippen molar-refractivity contribution in [3.8, 4) is 23.0 Å². The molecule has 7 nitrogen and oxygen atoms in total. The van der Waals surface area contributed by atoms with Gasteiger partial charge in [-0.3, -0.25) is 0 Å². The van der Waals surface area contributed by atoms with E-state index in [9.17, 15) is 15.0 Å². The molecule has 0 saturated carbocycles. The molecule has 0 fully saturated rings. The number of carbonyl (C=O) groups is 1. The van der Waals surface area contributed by atoms with Crippen LogP contribution in [-0.2, 0) is 17.6 Å². The van der Waals surface area contributed by atoms with Gasteiger partial charge in [-0.05, 0) is 54.7 Å². The van der Waals surface area contributed by atoms with Gasteiger partial charge in [0.15, 0.2) is 23.0 Å². The number of methoxy groups -OCH3 is 2. The Kier molecular flexibility index (Phi) is 6.27. The molecule has 1 amide bonds. The third-order valence-corrected chi connectivity index (χ3v) is 5.41. The lowest BCUT2D eigenvalue weighted by Gasteiger charge is -2.37. The summed E-state index contributed by atoms with van der Waals surface area (Å²) in [6.45, 7) is 2.46. The van der Waals surface area contributed by atoms with E-state index >= 15 is 0 Å². The molecule has 0 aromatic heterocycles. The first kappa shape index (κ1) is 20.9. The predicted octanol–water partition coefficient (Wildman–Crippen LogP) is 4.07. The topological polar surface area (TPSA) is 88.5 Å². The Morgan fingerprint density at radius 2 is 1.79 bits per heavy atom. The highest BCUT2D eigenvalue weighted by atomic mass is 35.5. The highest BCUT2D eigenvalue weighted by Crippen LogP contribution is 2.41. The molecular weight excluding hydrogens is 398 g/mol. The van der Waals surface area contributed by atoms with Crippen LogP contribution in [0.1, 0.15) is 29.7 Å². The summed E-state index contributed by atoms with van der Waals surface area (Å²) in [7, 11) is 2.94. The molecule has 0 bridgehead atoms. The van der Waals surface area contributed by atoms with Crippen molar-refractivity contribution in [1.29, 1.82) is 0 Å². The molecule has 1 aliphatic heterocycles. The van der Waals surface area contributed by atoms with Crippen LogP contribution in [0, 0.1) is 0 Å². The van der Waals surface area contributed by atoms with Crippen LogP contribution < -0.4 is 9.47 Å². The number of halogens is 1. The number of phenolic OH excluding ortho intramolecular Hbond substituents is 2. The first-order valence-electron chi connectivity index (χ1n) is 9.28. The Morgan fingerprint density at radius 1 is 1.14 bits per heavy atom. The fraction of sp³-hybridized carbons (Fsp3) is 0.381. The second kappa shape index (κ2) is 8.69. The smallest absolute Gasteiger partial charge is 0.410 e. The highest BCUT2D eigenvalue weighted by molar-refractivity contribution is 6.31. The third-order valence-electron chi connectivity index (χ3n) is 5.06. The second-order valence-corrected chi connectivity index (χ2v) is 7.11. The van der Waals surface area contributed by atoms with E-state index in [-0.39, 0.29) is 23.9 Å². The summed E-state index contributed by atoms with van der Waals surface area (Å²) >= 11 is 6.40. The summed E-state index contributed by atoms with van der Waals surface area (Å²) in [5, 5.41) is 20.9. The molecule has 156 valence electrons. The number of hydrogen-bond acceptors (Lipinski definition) is 6. The van der Waals surface area contributed by atoms with Crippen molar-refractivity contribution in [2.24, 2.45) is 0 Å². The van der Waals surface area contributed by atoms with Gasteiger partial charge < -0.3 is 29.3 Å². The Bertz CT molecular complexity index is 917. The molecule has 1 unspecified atom stereocenters. The molecule has 2 aromatic carbocycles. The van der Waals surface area contributed by atoms with Gasteiger partial charge in [0.2, 0.25) is 0 Å². The number of ether oxygens (including phenoxy) is 3. The Labute approximate surface area is 174 Å². The van der Waals surface area contributed by atoms with Crippen molar-refractivity contribution < 1.29 is 29.2 Å². The zero-order chi connectivity index (χ0) is 21.1. The fourth-order valence-electron chi connectivity index (χ4n) is 3.64. The quantitative estimate of drug-likeness (QED) is 0.756. The normalized spacial score (nSPS) is 15.6. The maximum Gasteiger partial charge on any atom is 0.410 e. The number of carbonyl (C=O) groups excluding carboxylic acids is 1. The minimum atomic E-state index is -0.438. The van der Waals surface area contributed by atoms with Gasteiger partial charge in [-0.2, -0.15) is 0 Å². The molecular formula is C21H24ClNO6. The van der Waals surface area contributed by atoms with Gasteiger partial charge in [0, 0.05) is 17.6 Å². The fourth-order valence-corrected chi connectivity index (χ4v) is 3.87. The van der Waals surface area contributed by atoms with Gasteiger partial charge in [0.25, 0.3) is 0 Å². The standard InChI is InChI=1S/C21H24ClNO6/c1-4-29-21(26)23-6-5-12-9-19(27-2)18(25)10-14(12)16(23)7-13-8-17(24)20(28-3)11-15(13)22/h8-11,16,24-25H,4-7H2,1-3H3. The number of nitrogens with zero attached hydrogens (tertiary/aromatic N) is 1. The first-order valence-corrected chi connectivity index (χ1v) is 9.65. The summed E-state index contributed by atoms with van der Waals surface area (Å²) in [4.78, 5) is 14.2. The van der Waals surface area contributed by atoms with Gasteiger partial charge in [0.05, 0.1) is 26.9 Å². The molecule has 8 heteroatoms. The minimum absolute atomic E-state index is 0.00867. The molecule has 1 atom stereocenters. The zero-order valence-electron chi connectivity index (χ0n) is 16.6. The molecule has 0 saturated heterocycles. The lowest BCUT2D eigenvalue weighted by molar-refractivity contribution is 0.0863. The molecule has 1 heterocycles. The summed E-state index contributed by atoms with van der Waals surface area (Å²) in [5.74, 6) is 0.605. The van der Waals surface area contributed by atoms with Crippen molar-refractivity contribution in [2.45, 2.75) is 25.8 Å². The largest absolute Gasteiger partial charge is 0.504 e. The van der Waals surface area contributed by atoms with E-state index in [0.29, 0.717) is 35.7 Å². The van der Waals surface area contributed by atoms with Crippen LogP contribution in [0.15, 0.2) is 24.3 Å². The number of amides is 1. The number of rotatable bonds is 5. The maximum atomic E-state index is 12.6. The average Bonchev–Trinajstić information content (AvgIpc) is 2.70. The molecule has 1 aliphatic rings. The molecule has 2 aromatic rings. The number of hydrogen-bond donors (Lipinski definition) is 2. The lowest BCUT2D eigenvalue weighted by Crippen LogP contribution is -2.41. The second-order valence-electron chi connectivity index (χ2n) is 6.70. The van der Waals surface area contributed by atoms with E-state index in [1.807, 2.05) is 0 Å². The first-order chi connectivity index (χ1) is 13.9. The molecule has 2 N–H and O–H groups in total. The van der Waals surface area contributed by atoms with Crippen LogP contribution in [0.3, 0.4) is 0 Å². The number of phenols is 2. The number of aromatic hydroxyl groups is 2. The van der Waals surface area contributed by atoms with E-state index in [1.165, 1.54) is 26.4 Å². The van der Waals surface area contributed by atoms with Crippen molar-refractivity contribution in [3.05, 3.63) is 46.0 Å². The van der Waals surface area contributed by atoms with E-state index in [1.54, 1.807) is 24.0 Å². The van der Waals surface area contributed by atoms with Crippen molar-refractivity contribution >= 4 is 17.7 Å². The van der Waals surface area contributed by atoms with E-state index < -0.39 is 12.1 Å². The van der Waals surface area contributed by atoms with Crippen molar-refractivity contribution in [1.82, 2.24) is 4.90 Å². The van der Waals surface area contributed by atoms with Crippen LogP contribution in [-0.4, -0.2) is 48.6 Å². The monoisotopic (exact) mass is 421 g/mol. The molecule has 0 aliphatic carbocycles. The van der Waals surface area contributed by atoms with Crippen molar-refractivity contribution in [3.63, 3.8) is 0 Å². The van der Waals surface area contributed by atoms with Gasteiger partial charge in [-0.25, -0.2) is 4.79 Å². The molecule has 29 heavy (non-hydrogen) atoms. The van der Waals surface area contributed by atoms with Gasteiger partial charge in [-0.15, -0.1) is 0 Å². The third kappa shape index (κ3) is 4.15. The van der Waals surface area contributed by atoms with E-state index in [0.717, 1.165) is 11.1 Å². The summed E-state index contributed by atoms with van der Waals surface area (Å²) in [6.07, 6.45) is 0.490. The highest BCUT2D eigenvalue weighted by Gasteiger charge is 2.33. The number of benzene rings is 2. The van der Waals surface area contributed by atoms with Gasteiger partial charge in [0.1, 0.15) is 0 Å². The zero-order valence-corrected chi connectivity index (χ0v) is 17.3. The van der Waals surface area contributed by atoms with E-state index in [2.05, 4.69) is 0 Å². The minimum Gasteiger partial charge on any atom is -0.504 e. The Hall–Kier alpha value is -2.80. The SMILES string of the molecule is CCOC(=O)N1CCc2cc(OC)c(O)cc2C1Cc1cc(O)c(OC)cc1Cl. The van der Waals surface area contributed by atoms with Crippen LogP contribution in [0.2, 0.25) is 5.02 Å². The molecule has 0 spiro atoms. The Morgan fingerprint density at radius 3 is 2.45 bits per heavy atom. The lowest BCUT2D eigenvalue weighted by atomic mass is 9.88. The van der Waals surface area contributed by atoms with Gasteiger partial charge >= 0.3 is 6.09 Å². The predicted molar refractivity (Wildman–Crippen MR) is 108 cm³/mol. The van der Waals surface area contributed by atoms with Crippen molar-refractivity contribution in [2.75, 3.05) is 27.4 Å². The summed E-state index contributed by atoms with van der Waals surface area (Å²) in [5.41, 5.74) is 2.40. The molecule has 3 rings (SSSR count). The van der Waals surface area contributed by atoms with Crippen LogP contribution >= 0.6 is 11.6 Å². The van der Waals surface area contributed by atoms with Gasteiger partial charge in [-0.1, -0.05) is 11.6 Å². The summed E-state index contributed by atoms with van der Waals surface area (Å²) in [6, 6.07) is 6.03. The average molecular weight is 422 g/mol. The van der Waals surface area contributed by atoms with Crippen LogP contribution in [0.4, 0.5) is 4.79 Å². The number of fused-ring (bicyclic) bond motifs is 1. The van der Waals surface area contributed by atoms with Crippen LogP contribution in [0.25, 0.3) is 0 Å². The summed E-state index contributed by atoms with van der Waals surface area (Å²) < 4.78 is 15.5. The molecule has 0 radical (unpaired) electrons.